The lowest BCUT2D eigenvalue weighted by Crippen LogP contribution is -2.44. The van der Waals surface area contributed by atoms with Crippen LogP contribution in [0.1, 0.15) is 25.3 Å². The average Bonchev–Trinajstić information content (AvgIpc) is 2.74. The van der Waals surface area contributed by atoms with Gasteiger partial charge in [-0.2, -0.15) is 18.2 Å². The molecule has 32 heavy (non-hydrogen) atoms. The van der Waals surface area contributed by atoms with E-state index in [0.29, 0.717) is 25.7 Å². The number of hydrogen-bond donors (Lipinski definition) is 3. The lowest BCUT2D eigenvalue weighted by atomic mass is 10.1. The first-order valence-electron chi connectivity index (χ1n) is 9.85. The number of benzene rings is 1. The van der Waals surface area contributed by atoms with Crippen molar-refractivity contribution in [1.29, 1.82) is 0 Å². The summed E-state index contributed by atoms with van der Waals surface area (Å²) in [7, 11) is 0. The number of rotatable bonds is 6. The van der Waals surface area contributed by atoms with Crippen molar-refractivity contribution >= 4 is 35.0 Å². The van der Waals surface area contributed by atoms with E-state index in [9.17, 15) is 27.2 Å². The van der Waals surface area contributed by atoms with E-state index in [1.807, 2.05) is 0 Å². The molecule has 1 atom stereocenters. The molecule has 12 heteroatoms. The van der Waals surface area contributed by atoms with Crippen LogP contribution in [0.25, 0.3) is 0 Å². The third kappa shape index (κ3) is 5.83. The van der Waals surface area contributed by atoms with E-state index in [1.165, 1.54) is 19.1 Å². The molecule has 1 aliphatic heterocycles. The molecule has 172 valence electrons. The molecule has 1 aromatic carbocycles. The predicted octanol–water partition coefficient (Wildman–Crippen LogP) is 3.57. The summed E-state index contributed by atoms with van der Waals surface area (Å²) >= 11 is 0. The van der Waals surface area contributed by atoms with Crippen molar-refractivity contribution < 1.29 is 27.2 Å². The highest BCUT2D eigenvalue weighted by molar-refractivity contribution is 5.95. The van der Waals surface area contributed by atoms with Crippen LogP contribution < -0.4 is 16.0 Å². The second-order valence-corrected chi connectivity index (χ2v) is 7.25. The largest absolute Gasteiger partial charge is 0.421 e. The standard InChI is InChI=1S/C20H22F4N6O2/c1-12(31)30-8-4-5-13(11-30)26-19-25-10-14(20(22,23)24)18(29-19)28-16-7-3-2-6-15(16)27-17(32)9-21/h2-3,6-7,10,13H,4-5,8-9,11H2,1H3,(H,27,32)(H2,25,26,28,29)/t13-/m0/s1. The highest BCUT2D eigenvalue weighted by Gasteiger charge is 2.36. The number of nitrogens with zero attached hydrogens (tertiary/aromatic N) is 3. The van der Waals surface area contributed by atoms with Gasteiger partial charge in [0.05, 0.1) is 11.4 Å². The van der Waals surface area contributed by atoms with Crippen molar-refractivity contribution in [1.82, 2.24) is 14.9 Å². The molecule has 0 radical (unpaired) electrons. The van der Waals surface area contributed by atoms with Crippen molar-refractivity contribution in [2.75, 3.05) is 35.7 Å². The van der Waals surface area contributed by atoms with Crippen LogP contribution in [0.15, 0.2) is 30.5 Å². The minimum absolute atomic E-state index is 0.0406. The van der Waals surface area contributed by atoms with Gasteiger partial charge in [0.2, 0.25) is 11.9 Å². The number of carbonyl (C=O) groups is 2. The number of aromatic nitrogens is 2. The number of carbonyl (C=O) groups excluding carboxylic acids is 2. The topological polar surface area (TPSA) is 99.3 Å². The van der Waals surface area contributed by atoms with Crippen LogP contribution in [0.4, 0.5) is 40.7 Å². The van der Waals surface area contributed by atoms with E-state index in [2.05, 4.69) is 25.9 Å². The zero-order valence-corrected chi connectivity index (χ0v) is 17.2. The molecule has 0 aliphatic carbocycles. The highest BCUT2D eigenvalue weighted by Crippen LogP contribution is 2.36. The van der Waals surface area contributed by atoms with Gasteiger partial charge < -0.3 is 20.9 Å². The lowest BCUT2D eigenvalue weighted by molar-refractivity contribution is -0.137. The van der Waals surface area contributed by atoms with Gasteiger partial charge in [-0.1, -0.05) is 12.1 Å². The zero-order chi connectivity index (χ0) is 23.3. The van der Waals surface area contributed by atoms with Crippen LogP contribution in [0.5, 0.6) is 0 Å². The number of likely N-dealkylation sites (tertiary alicyclic amines) is 1. The molecule has 0 saturated carbocycles. The second kappa shape index (κ2) is 9.79. The summed E-state index contributed by atoms with van der Waals surface area (Å²) in [6.45, 7) is 1.19. The van der Waals surface area contributed by atoms with E-state index in [-0.39, 0.29) is 29.3 Å². The molecule has 1 saturated heterocycles. The smallest absolute Gasteiger partial charge is 0.350 e. The summed E-state index contributed by atoms with van der Waals surface area (Å²) in [5.74, 6) is -1.59. The van der Waals surface area contributed by atoms with Gasteiger partial charge >= 0.3 is 6.18 Å². The maximum atomic E-state index is 13.5. The normalized spacial score (nSPS) is 16.4. The molecule has 0 unspecified atom stereocenters. The van der Waals surface area contributed by atoms with Gasteiger partial charge in [0.1, 0.15) is 11.4 Å². The predicted molar refractivity (Wildman–Crippen MR) is 110 cm³/mol. The number of para-hydroxylation sites is 2. The molecule has 2 aromatic rings. The van der Waals surface area contributed by atoms with Crippen molar-refractivity contribution in [3.8, 4) is 0 Å². The van der Waals surface area contributed by atoms with Crippen molar-refractivity contribution in [3.63, 3.8) is 0 Å². The van der Waals surface area contributed by atoms with Crippen LogP contribution in [-0.4, -0.2) is 52.5 Å². The Morgan fingerprint density at radius 2 is 1.94 bits per heavy atom. The molecule has 1 aromatic heterocycles. The third-order valence-corrected chi connectivity index (χ3v) is 4.87. The molecule has 8 nitrogen and oxygen atoms in total. The van der Waals surface area contributed by atoms with E-state index in [4.69, 9.17) is 0 Å². The maximum Gasteiger partial charge on any atom is 0.421 e. The number of alkyl halides is 4. The second-order valence-electron chi connectivity index (χ2n) is 7.25. The monoisotopic (exact) mass is 454 g/mol. The van der Waals surface area contributed by atoms with Gasteiger partial charge in [-0.05, 0) is 25.0 Å². The third-order valence-electron chi connectivity index (χ3n) is 4.87. The number of nitrogens with one attached hydrogen (secondary N) is 3. The summed E-state index contributed by atoms with van der Waals surface area (Å²) < 4.78 is 53.2. The van der Waals surface area contributed by atoms with Gasteiger partial charge in [-0.25, -0.2) is 9.37 Å². The first-order valence-corrected chi connectivity index (χ1v) is 9.85. The summed E-state index contributed by atoms with van der Waals surface area (Å²) in [5.41, 5.74) is -0.908. The number of halogens is 4. The molecule has 3 N–H and O–H groups in total. The minimum atomic E-state index is -4.74. The molecule has 3 rings (SSSR count). The van der Waals surface area contributed by atoms with Gasteiger partial charge in [0.15, 0.2) is 6.67 Å². The molecule has 1 fully saturated rings. The number of anilines is 4. The molecule has 0 spiro atoms. The molecular formula is C20H22F4N6O2. The minimum Gasteiger partial charge on any atom is -0.350 e. The summed E-state index contributed by atoms with van der Waals surface area (Å²) in [4.78, 5) is 32.5. The van der Waals surface area contributed by atoms with E-state index >= 15 is 0 Å². The number of amides is 2. The van der Waals surface area contributed by atoms with Crippen molar-refractivity contribution in [2.24, 2.45) is 0 Å². The van der Waals surface area contributed by atoms with Crippen molar-refractivity contribution in [3.05, 3.63) is 36.0 Å². The Hall–Kier alpha value is -3.44. The first-order chi connectivity index (χ1) is 15.2. The Balaban J connectivity index is 1.88. The highest BCUT2D eigenvalue weighted by atomic mass is 19.4. The quantitative estimate of drug-likeness (QED) is 0.578. The molecule has 0 bridgehead atoms. The van der Waals surface area contributed by atoms with E-state index in [1.54, 1.807) is 17.0 Å². The van der Waals surface area contributed by atoms with E-state index < -0.39 is 30.1 Å². The van der Waals surface area contributed by atoms with Crippen LogP contribution in [0, 0.1) is 0 Å². The van der Waals surface area contributed by atoms with Crippen molar-refractivity contribution in [2.45, 2.75) is 32.0 Å². The summed E-state index contributed by atoms with van der Waals surface area (Å²) in [5, 5.41) is 7.83. The molecule has 2 heterocycles. The zero-order valence-electron chi connectivity index (χ0n) is 17.2. The SMILES string of the molecule is CC(=O)N1CCC[C@H](Nc2ncc(C(F)(F)F)c(Nc3ccccc3NC(=O)CF)n2)C1. The molecule has 1 aliphatic rings. The fourth-order valence-corrected chi connectivity index (χ4v) is 3.33. The number of piperidine rings is 1. The van der Waals surface area contributed by atoms with Gasteiger partial charge in [-0.3, -0.25) is 9.59 Å². The summed E-state index contributed by atoms with van der Waals surface area (Å²) in [6, 6.07) is 5.71. The lowest BCUT2D eigenvalue weighted by Gasteiger charge is -2.32. The Bertz CT molecular complexity index is 985. The Kier molecular flexibility index (Phi) is 7.11. The van der Waals surface area contributed by atoms with Crippen LogP contribution in [0.2, 0.25) is 0 Å². The fourth-order valence-electron chi connectivity index (χ4n) is 3.33. The van der Waals surface area contributed by atoms with Crippen LogP contribution >= 0.6 is 0 Å². The fraction of sp³-hybridized carbons (Fsp3) is 0.400. The Labute approximate surface area is 181 Å². The molecule has 2 amide bonds. The Morgan fingerprint density at radius 3 is 2.59 bits per heavy atom. The number of hydrogen-bond acceptors (Lipinski definition) is 6. The van der Waals surface area contributed by atoms with Gasteiger partial charge in [0, 0.05) is 32.3 Å². The van der Waals surface area contributed by atoms with Gasteiger partial charge in [0.25, 0.3) is 5.91 Å². The maximum absolute atomic E-state index is 13.5. The molecular weight excluding hydrogens is 432 g/mol. The Morgan fingerprint density at radius 1 is 1.22 bits per heavy atom. The van der Waals surface area contributed by atoms with Gasteiger partial charge in [-0.15, -0.1) is 0 Å². The summed E-state index contributed by atoms with van der Waals surface area (Å²) in [6.07, 6.45) is -2.64. The van der Waals surface area contributed by atoms with Crippen LogP contribution in [0.3, 0.4) is 0 Å². The first kappa shape index (κ1) is 23.2. The average molecular weight is 454 g/mol. The van der Waals surface area contributed by atoms with Crippen LogP contribution in [-0.2, 0) is 15.8 Å². The van der Waals surface area contributed by atoms with E-state index in [0.717, 1.165) is 6.42 Å².